The van der Waals surface area contributed by atoms with Crippen molar-refractivity contribution in [2.45, 2.75) is 31.7 Å². The van der Waals surface area contributed by atoms with Crippen LogP contribution in [0.5, 0.6) is 0 Å². The molecule has 0 aliphatic heterocycles. The van der Waals surface area contributed by atoms with Crippen molar-refractivity contribution in [3.8, 4) is 0 Å². The lowest BCUT2D eigenvalue weighted by atomic mass is 10.1. The van der Waals surface area contributed by atoms with E-state index in [1.807, 2.05) is 0 Å². The predicted molar refractivity (Wildman–Crippen MR) is 56.8 cm³/mol. The van der Waals surface area contributed by atoms with Crippen LogP contribution in [0.25, 0.3) is 0 Å². The number of carboxylic acid groups (broad SMARTS) is 1. The minimum absolute atomic E-state index is 0.527. The summed E-state index contributed by atoms with van der Waals surface area (Å²) in [5.41, 5.74) is -2.49. The Hall–Kier alpha value is -1.02. The van der Waals surface area contributed by atoms with E-state index in [1.165, 1.54) is 0 Å². The van der Waals surface area contributed by atoms with Crippen molar-refractivity contribution in [2.24, 2.45) is 0 Å². The summed E-state index contributed by atoms with van der Waals surface area (Å²) in [6.45, 7) is 0.802. The van der Waals surface area contributed by atoms with Crippen LogP contribution in [0, 0.1) is 0 Å². The first-order valence-corrected chi connectivity index (χ1v) is 5.33. The van der Waals surface area contributed by atoms with Crippen molar-refractivity contribution in [2.75, 3.05) is 12.5 Å². The zero-order chi connectivity index (χ0) is 14.6. The fraction of sp³-hybridized carbons (Fsp3) is 0.778. The third-order valence-electron chi connectivity index (χ3n) is 2.11. The normalized spacial score (nSPS) is 14.1. The highest BCUT2D eigenvalue weighted by Crippen LogP contribution is 2.32. The lowest BCUT2D eigenvalue weighted by Crippen LogP contribution is -2.49. The topological polar surface area (TPSA) is 75.6 Å². The van der Waals surface area contributed by atoms with Gasteiger partial charge in [0.2, 0.25) is 0 Å². The van der Waals surface area contributed by atoms with E-state index in [2.05, 4.69) is 4.74 Å². The number of carbonyl (C=O) groups excluding carboxylic acids is 1. The molecule has 0 aromatic heterocycles. The minimum atomic E-state index is -4.63. The Bertz CT molecular complexity index is 319. The number of hydrogen-bond acceptors (Lipinski definition) is 3. The minimum Gasteiger partial charge on any atom is -0.465 e. The second-order valence-electron chi connectivity index (χ2n) is 3.92. The summed E-state index contributed by atoms with van der Waals surface area (Å²) in [7, 11) is 0. The number of ether oxygens (including phenoxy) is 1. The van der Waals surface area contributed by atoms with Gasteiger partial charge in [0.25, 0.3) is 0 Å². The third kappa shape index (κ3) is 5.09. The largest absolute Gasteiger partial charge is 0.465 e. The van der Waals surface area contributed by atoms with Crippen LogP contribution in [0.2, 0.25) is 0 Å². The average molecular weight is 292 g/mol. The number of amides is 1. The highest BCUT2D eigenvalue weighted by Gasteiger charge is 2.49. The molecule has 0 spiro atoms. The molecule has 0 saturated heterocycles. The Morgan fingerprint density at radius 3 is 2.22 bits per heavy atom. The van der Waals surface area contributed by atoms with Crippen molar-refractivity contribution in [1.29, 1.82) is 0 Å². The molecule has 0 bridgehead atoms. The number of nitrogens with one attached hydrogen (secondary N) is 1. The molecular weight excluding hydrogens is 279 g/mol. The van der Waals surface area contributed by atoms with E-state index in [0.717, 1.165) is 13.8 Å². The summed E-state index contributed by atoms with van der Waals surface area (Å²) in [5, 5.41) is 10.2. The van der Waals surface area contributed by atoms with Crippen LogP contribution in [0.3, 0.4) is 0 Å². The lowest BCUT2D eigenvalue weighted by molar-refractivity contribution is -0.264. The molecule has 0 saturated carbocycles. The number of hydrogen-bond donors (Lipinski definition) is 2. The first kappa shape index (κ1) is 17.0. The maximum atomic E-state index is 12.5. The Labute approximate surface area is 106 Å². The SMILES string of the molecule is CC(C)(OCC(NC(=O)O)C(=O)CCl)C(F)(F)F. The quantitative estimate of drug-likeness (QED) is 0.732. The molecule has 1 unspecified atom stereocenters. The fourth-order valence-corrected chi connectivity index (χ4v) is 1.02. The van der Waals surface area contributed by atoms with Crippen LogP contribution in [-0.2, 0) is 9.53 Å². The molecule has 0 radical (unpaired) electrons. The molecule has 0 heterocycles. The molecular formula is C9H13ClF3NO4. The monoisotopic (exact) mass is 291 g/mol. The zero-order valence-corrected chi connectivity index (χ0v) is 10.4. The van der Waals surface area contributed by atoms with Gasteiger partial charge in [-0.15, -0.1) is 11.6 Å². The van der Waals surface area contributed by atoms with Gasteiger partial charge in [-0.25, -0.2) is 4.79 Å². The average Bonchev–Trinajstić information content (AvgIpc) is 2.21. The van der Waals surface area contributed by atoms with Crippen molar-refractivity contribution in [1.82, 2.24) is 5.32 Å². The smallest absolute Gasteiger partial charge is 0.416 e. The standard InChI is InChI=1S/C9H13ClF3NO4/c1-8(2,9(11,12)13)18-4-5(6(15)3-10)14-7(16)17/h5,14H,3-4H2,1-2H3,(H,16,17). The molecule has 0 fully saturated rings. The highest BCUT2D eigenvalue weighted by atomic mass is 35.5. The molecule has 106 valence electrons. The molecule has 0 aliphatic carbocycles. The van der Waals surface area contributed by atoms with Gasteiger partial charge in [0.05, 0.1) is 12.5 Å². The molecule has 2 N–H and O–H groups in total. The number of rotatable bonds is 6. The molecule has 5 nitrogen and oxygen atoms in total. The van der Waals surface area contributed by atoms with Crippen LogP contribution < -0.4 is 5.32 Å². The van der Waals surface area contributed by atoms with Crippen molar-refractivity contribution < 1.29 is 32.6 Å². The van der Waals surface area contributed by atoms with Gasteiger partial charge < -0.3 is 15.2 Å². The van der Waals surface area contributed by atoms with Gasteiger partial charge >= 0.3 is 12.3 Å². The van der Waals surface area contributed by atoms with Crippen LogP contribution in [0.4, 0.5) is 18.0 Å². The van der Waals surface area contributed by atoms with E-state index in [0.29, 0.717) is 0 Å². The zero-order valence-electron chi connectivity index (χ0n) is 9.68. The van der Waals surface area contributed by atoms with E-state index < -0.39 is 42.2 Å². The highest BCUT2D eigenvalue weighted by molar-refractivity contribution is 6.28. The molecule has 0 rings (SSSR count). The summed E-state index contributed by atoms with van der Waals surface area (Å²) < 4.78 is 41.9. The molecule has 9 heteroatoms. The van der Waals surface area contributed by atoms with Crippen molar-refractivity contribution in [3.05, 3.63) is 0 Å². The van der Waals surface area contributed by atoms with Gasteiger partial charge in [-0.3, -0.25) is 4.79 Å². The molecule has 0 aliphatic rings. The molecule has 0 aromatic rings. The molecule has 18 heavy (non-hydrogen) atoms. The predicted octanol–water partition coefficient (Wildman–Crippen LogP) is 1.79. The second kappa shape index (κ2) is 6.24. The van der Waals surface area contributed by atoms with Gasteiger partial charge in [-0.2, -0.15) is 13.2 Å². The Morgan fingerprint density at radius 1 is 1.39 bits per heavy atom. The van der Waals surface area contributed by atoms with E-state index in [4.69, 9.17) is 16.7 Å². The molecule has 1 amide bonds. The van der Waals surface area contributed by atoms with Crippen molar-refractivity contribution >= 4 is 23.5 Å². The van der Waals surface area contributed by atoms with Crippen LogP contribution in [-0.4, -0.2) is 47.3 Å². The van der Waals surface area contributed by atoms with E-state index in [1.54, 1.807) is 5.32 Å². The Balaban J connectivity index is 4.62. The summed E-state index contributed by atoms with van der Waals surface area (Å²) in [6, 6.07) is -1.43. The first-order chi connectivity index (χ1) is 8.01. The fourth-order valence-electron chi connectivity index (χ4n) is 0.831. The maximum Gasteiger partial charge on any atom is 0.416 e. The van der Waals surface area contributed by atoms with Gasteiger partial charge in [-0.1, -0.05) is 0 Å². The lowest BCUT2D eigenvalue weighted by Gasteiger charge is -2.29. The number of alkyl halides is 4. The Kier molecular flexibility index (Phi) is 5.88. The van der Waals surface area contributed by atoms with Crippen LogP contribution in [0.15, 0.2) is 0 Å². The third-order valence-corrected chi connectivity index (χ3v) is 2.38. The second-order valence-corrected chi connectivity index (χ2v) is 4.19. The van der Waals surface area contributed by atoms with E-state index >= 15 is 0 Å². The van der Waals surface area contributed by atoms with Gasteiger partial charge in [0, 0.05) is 0 Å². The number of carbonyl (C=O) groups is 2. The van der Waals surface area contributed by atoms with Gasteiger partial charge in [0.15, 0.2) is 11.4 Å². The Morgan fingerprint density at radius 2 is 1.89 bits per heavy atom. The van der Waals surface area contributed by atoms with Gasteiger partial charge in [0.1, 0.15) is 6.04 Å². The summed E-state index contributed by atoms with van der Waals surface area (Å²) in [4.78, 5) is 21.6. The number of ketones is 1. The van der Waals surface area contributed by atoms with E-state index in [9.17, 15) is 22.8 Å². The van der Waals surface area contributed by atoms with E-state index in [-0.39, 0.29) is 0 Å². The van der Waals surface area contributed by atoms with Crippen molar-refractivity contribution in [3.63, 3.8) is 0 Å². The van der Waals surface area contributed by atoms with Crippen LogP contribution in [0.1, 0.15) is 13.8 Å². The molecule has 1 atom stereocenters. The summed E-state index contributed by atoms with van der Waals surface area (Å²) in [6.07, 6.45) is -6.18. The maximum absolute atomic E-state index is 12.5. The first-order valence-electron chi connectivity index (χ1n) is 4.80. The number of Topliss-reactive ketones (excluding diaryl/α,β-unsaturated/α-hetero) is 1. The van der Waals surface area contributed by atoms with Gasteiger partial charge in [-0.05, 0) is 13.8 Å². The van der Waals surface area contributed by atoms with Crippen LogP contribution >= 0.6 is 11.6 Å². The molecule has 0 aromatic carbocycles. The summed E-state index contributed by atoms with van der Waals surface area (Å²) in [5.74, 6) is -1.29. The number of halogens is 4. The summed E-state index contributed by atoms with van der Waals surface area (Å²) >= 11 is 5.21.